The maximum Gasteiger partial charge on any atom is 0.0920 e. The van der Waals surface area contributed by atoms with Crippen molar-refractivity contribution in [3.63, 3.8) is 0 Å². The fraction of sp³-hybridized carbons (Fsp3) is 1.00. The van der Waals surface area contributed by atoms with Gasteiger partial charge >= 0.3 is 0 Å². The number of aliphatic hydroxyl groups excluding tert-OH is 2. The highest BCUT2D eigenvalue weighted by molar-refractivity contribution is 4.76. The molecular weight excluding hydrogens is 154 g/mol. The normalized spacial score (nSPS) is 24.2. The lowest BCUT2D eigenvalue weighted by atomic mass is 10.2. The molecule has 0 aromatic carbocycles. The largest absolute Gasteiger partial charge is 0.391 e. The molecule has 3 heteroatoms. The van der Waals surface area contributed by atoms with Crippen molar-refractivity contribution in [1.82, 2.24) is 5.32 Å². The van der Waals surface area contributed by atoms with Crippen molar-refractivity contribution in [2.75, 3.05) is 6.54 Å². The molecule has 1 aliphatic rings. The summed E-state index contributed by atoms with van der Waals surface area (Å²) in [5.74, 6) is 0. The van der Waals surface area contributed by atoms with Crippen LogP contribution < -0.4 is 5.32 Å². The molecule has 0 aliphatic heterocycles. The first-order valence-electron chi connectivity index (χ1n) is 4.79. The second-order valence-electron chi connectivity index (χ2n) is 3.70. The summed E-state index contributed by atoms with van der Waals surface area (Å²) in [6.45, 7) is 2.13. The molecule has 72 valence electrons. The third-order valence-electron chi connectivity index (χ3n) is 2.53. The van der Waals surface area contributed by atoms with Crippen molar-refractivity contribution in [1.29, 1.82) is 0 Å². The molecule has 0 spiro atoms. The summed E-state index contributed by atoms with van der Waals surface area (Å²) in [6, 6.07) is 0.568. The molecule has 1 fully saturated rings. The fourth-order valence-corrected chi connectivity index (χ4v) is 1.59. The fourth-order valence-electron chi connectivity index (χ4n) is 1.59. The molecule has 0 aromatic heterocycles. The molecule has 3 nitrogen and oxygen atoms in total. The predicted octanol–water partition coefficient (Wildman–Crippen LogP) is 0.260. The first-order valence-corrected chi connectivity index (χ1v) is 4.79. The van der Waals surface area contributed by atoms with Gasteiger partial charge in [-0.25, -0.2) is 0 Å². The van der Waals surface area contributed by atoms with E-state index in [1.165, 1.54) is 25.7 Å². The van der Waals surface area contributed by atoms with Crippen LogP contribution in [0.1, 0.15) is 32.6 Å². The summed E-state index contributed by atoms with van der Waals surface area (Å²) in [6.07, 6.45) is 3.77. The Kier molecular flexibility index (Phi) is 3.98. The summed E-state index contributed by atoms with van der Waals surface area (Å²) >= 11 is 0. The first kappa shape index (κ1) is 9.96. The van der Waals surface area contributed by atoms with E-state index in [1.54, 1.807) is 6.92 Å². The molecule has 0 radical (unpaired) electrons. The van der Waals surface area contributed by atoms with E-state index in [4.69, 9.17) is 5.11 Å². The zero-order valence-electron chi connectivity index (χ0n) is 7.66. The van der Waals surface area contributed by atoms with E-state index < -0.39 is 12.2 Å². The molecule has 1 rings (SSSR count). The molecule has 1 saturated carbocycles. The van der Waals surface area contributed by atoms with Gasteiger partial charge in [-0.15, -0.1) is 0 Å². The van der Waals surface area contributed by atoms with E-state index in [9.17, 15) is 5.11 Å². The minimum atomic E-state index is -0.626. The highest BCUT2D eigenvalue weighted by atomic mass is 16.3. The molecule has 0 amide bonds. The van der Waals surface area contributed by atoms with E-state index in [0.29, 0.717) is 12.6 Å². The Bertz CT molecular complexity index is 120. The Balaban J connectivity index is 2.07. The number of nitrogens with one attached hydrogen (secondary N) is 1. The first-order chi connectivity index (χ1) is 5.70. The Morgan fingerprint density at radius 2 is 1.92 bits per heavy atom. The maximum absolute atomic E-state index is 9.27. The second kappa shape index (κ2) is 4.80. The van der Waals surface area contributed by atoms with Crippen LogP contribution in [0.2, 0.25) is 0 Å². The lowest BCUT2D eigenvalue weighted by molar-refractivity contribution is 0.0304. The number of rotatable bonds is 4. The van der Waals surface area contributed by atoms with Gasteiger partial charge in [-0.2, -0.15) is 0 Å². The van der Waals surface area contributed by atoms with Crippen molar-refractivity contribution < 1.29 is 10.2 Å². The average molecular weight is 173 g/mol. The zero-order valence-corrected chi connectivity index (χ0v) is 7.66. The van der Waals surface area contributed by atoms with Crippen LogP contribution in [-0.2, 0) is 0 Å². The van der Waals surface area contributed by atoms with Gasteiger partial charge in [0.15, 0.2) is 0 Å². The summed E-state index contributed by atoms with van der Waals surface area (Å²) < 4.78 is 0. The van der Waals surface area contributed by atoms with Crippen LogP contribution in [0, 0.1) is 0 Å². The van der Waals surface area contributed by atoms with Crippen LogP contribution >= 0.6 is 0 Å². The van der Waals surface area contributed by atoms with Crippen LogP contribution in [0.3, 0.4) is 0 Å². The predicted molar refractivity (Wildman–Crippen MR) is 47.9 cm³/mol. The number of aliphatic hydroxyl groups is 2. The van der Waals surface area contributed by atoms with Gasteiger partial charge in [0.05, 0.1) is 12.2 Å². The van der Waals surface area contributed by atoms with Crippen molar-refractivity contribution in [2.24, 2.45) is 0 Å². The molecule has 0 saturated heterocycles. The van der Waals surface area contributed by atoms with E-state index in [2.05, 4.69) is 5.32 Å². The van der Waals surface area contributed by atoms with Gasteiger partial charge in [-0.1, -0.05) is 12.8 Å². The standard InChI is InChI=1S/C9H19NO2/c1-7(11)9(12)6-10-8-4-2-3-5-8/h7-12H,2-6H2,1H3. The van der Waals surface area contributed by atoms with E-state index in [1.807, 2.05) is 0 Å². The highest BCUT2D eigenvalue weighted by Crippen LogP contribution is 2.17. The second-order valence-corrected chi connectivity index (χ2v) is 3.70. The van der Waals surface area contributed by atoms with Gasteiger partial charge in [0.1, 0.15) is 0 Å². The smallest absolute Gasteiger partial charge is 0.0920 e. The summed E-state index contributed by atoms with van der Waals surface area (Å²) in [7, 11) is 0. The van der Waals surface area contributed by atoms with E-state index in [0.717, 1.165) is 0 Å². The highest BCUT2D eigenvalue weighted by Gasteiger charge is 2.17. The van der Waals surface area contributed by atoms with Crippen LogP contribution in [-0.4, -0.2) is 35.0 Å². The Morgan fingerprint density at radius 3 is 2.42 bits per heavy atom. The van der Waals surface area contributed by atoms with Gasteiger partial charge in [0.25, 0.3) is 0 Å². The van der Waals surface area contributed by atoms with E-state index in [-0.39, 0.29) is 0 Å². The van der Waals surface area contributed by atoms with Crippen LogP contribution in [0.15, 0.2) is 0 Å². The number of hydrogen-bond donors (Lipinski definition) is 3. The van der Waals surface area contributed by atoms with Gasteiger partial charge < -0.3 is 15.5 Å². The van der Waals surface area contributed by atoms with Gasteiger partial charge in [0, 0.05) is 12.6 Å². The van der Waals surface area contributed by atoms with E-state index >= 15 is 0 Å². The molecule has 0 bridgehead atoms. The number of hydrogen-bond acceptors (Lipinski definition) is 3. The minimum absolute atomic E-state index is 0.516. The summed E-state index contributed by atoms with van der Waals surface area (Å²) in [5.41, 5.74) is 0. The van der Waals surface area contributed by atoms with Crippen molar-refractivity contribution in [3.8, 4) is 0 Å². The zero-order chi connectivity index (χ0) is 8.97. The molecule has 1 aliphatic carbocycles. The quantitative estimate of drug-likeness (QED) is 0.571. The van der Waals surface area contributed by atoms with Crippen LogP contribution in [0.25, 0.3) is 0 Å². The Hall–Kier alpha value is -0.120. The van der Waals surface area contributed by atoms with Crippen molar-refractivity contribution in [3.05, 3.63) is 0 Å². The molecule has 2 atom stereocenters. The summed E-state index contributed by atoms with van der Waals surface area (Å²) in [5, 5.41) is 21.5. The topological polar surface area (TPSA) is 52.5 Å². The maximum atomic E-state index is 9.27. The minimum Gasteiger partial charge on any atom is -0.391 e. The molecule has 2 unspecified atom stereocenters. The average Bonchev–Trinajstić information content (AvgIpc) is 2.51. The molecule has 3 N–H and O–H groups in total. The Morgan fingerprint density at radius 1 is 1.33 bits per heavy atom. The van der Waals surface area contributed by atoms with Crippen molar-refractivity contribution >= 4 is 0 Å². The van der Waals surface area contributed by atoms with Crippen LogP contribution in [0.4, 0.5) is 0 Å². The lowest BCUT2D eigenvalue weighted by Gasteiger charge is -2.17. The SMILES string of the molecule is CC(O)C(O)CNC1CCCC1. The lowest BCUT2D eigenvalue weighted by Crippen LogP contribution is -2.38. The van der Waals surface area contributed by atoms with Gasteiger partial charge in [-0.05, 0) is 19.8 Å². The van der Waals surface area contributed by atoms with Crippen molar-refractivity contribution in [2.45, 2.75) is 50.9 Å². The molecule has 0 heterocycles. The molecule has 0 aromatic rings. The van der Waals surface area contributed by atoms with Crippen LogP contribution in [0.5, 0.6) is 0 Å². The molecule has 12 heavy (non-hydrogen) atoms. The summed E-state index contributed by atoms with van der Waals surface area (Å²) in [4.78, 5) is 0. The van der Waals surface area contributed by atoms with Gasteiger partial charge in [0.2, 0.25) is 0 Å². The molecular formula is C9H19NO2. The third kappa shape index (κ3) is 3.09. The third-order valence-corrected chi connectivity index (χ3v) is 2.53. The van der Waals surface area contributed by atoms with Gasteiger partial charge in [-0.3, -0.25) is 0 Å². The Labute approximate surface area is 73.8 Å². The monoisotopic (exact) mass is 173 g/mol.